The molecule has 0 fully saturated rings. The highest BCUT2D eigenvalue weighted by Gasteiger charge is 2.20. The molecule has 0 aliphatic rings. The van der Waals surface area contributed by atoms with E-state index in [0.29, 0.717) is 22.4 Å². The van der Waals surface area contributed by atoms with Crippen molar-refractivity contribution in [3.63, 3.8) is 0 Å². The van der Waals surface area contributed by atoms with Crippen molar-refractivity contribution in [2.75, 3.05) is 14.1 Å². The Morgan fingerprint density at radius 1 is 1.23 bits per heavy atom. The smallest absolute Gasteiger partial charge is 0.339 e. The molecule has 0 atom stereocenters. The Hall–Kier alpha value is -2.30. The van der Waals surface area contributed by atoms with E-state index in [1.54, 1.807) is 6.07 Å². The summed E-state index contributed by atoms with van der Waals surface area (Å²) in [6.45, 7) is 2.53. The molecular formula is C20H21BrFN3O4S. The summed E-state index contributed by atoms with van der Waals surface area (Å²) in [6.07, 6.45) is 0.813. The third kappa shape index (κ3) is 4.40. The average molecular weight is 498 g/mol. The first-order valence-electron chi connectivity index (χ1n) is 9.19. The summed E-state index contributed by atoms with van der Waals surface area (Å²) < 4.78 is 46.8. The molecule has 0 amide bonds. The maximum absolute atomic E-state index is 13.2. The van der Waals surface area contributed by atoms with Crippen molar-refractivity contribution < 1.29 is 22.3 Å². The number of fused-ring (bicyclic) bond motifs is 1. The minimum absolute atomic E-state index is 0.104. The van der Waals surface area contributed by atoms with Crippen LogP contribution in [0, 0.1) is 5.82 Å². The third-order valence-electron chi connectivity index (χ3n) is 4.51. The molecule has 0 aliphatic heterocycles. The molecule has 0 unspecified atom stereocenters. The van der Waals surface area contributed by atoms with Crippen molar-refractivity contribution in [3.8, 4) is 0 Å². The number of carbonyl (C=O) groups is 1. The largest absolute Gasteiger partial charge is 0.454 e. The second-order valence-electron chi connectivity index (χ2n) is 6.82. The molecule has 3 rings (SSSR count). The van der Waals surface area contributed by atoms with E-state index < -0.39 is 21.8 Å². The number of hydrogen-bond acceptors (Lipinski definition) is 5. The van der Waals surface area contributed by atoms with Gasteiger partial charge in [-0.2, -0.15) is 0 Å². The Bertz CT molecular complexity index is 1210. The van der Waals surface area contributed by atoms with Crippen molar-refractivity contribution in [3.05, 3.63) is 58.1 Å². The number of imidazole rings is 1. The zero-order valence-corrected chi connectivity index (χ0v) is 19.1. The standard InChI is InChI=1S/C20H21BrFN3O4S/c1-4-9-25-18-8-6-14(30(27,28)24(2)3)11-17(18)23-19(25)12-29-20(26)15-7-5-13(22)10-16(15)21/h5-8,10-11H,4,9,12H2,1-3H3. The predicted octanol–water partition coefficient (Wildman–Crippen LogP) is 3.96. The van der Waals surface area contributed by atoms with E-state index in [1.807, 2.05) is 11.5 Å². The van der Waals surface area contributed by atoms with Crippen LogP contribution >= 0.6 is 15.9 Å². The Labute approximate surface area is 182 Å². The van der Waals surface area contributed by atoms with E-state index in [9.17, 15) is 17.6 Å². The number of halogens is 2. The van der Waals surface area contributed by atoms with Crippen molar-refractivity contribution in [1.29, 1.82) is 0 Å². The fraction of sp³-hybridized carbons (Fsp3) is 0.300. The molecule has 1 heterocycles. The molecule has 0 aliphatic carbocycles. The molecular weight excluding hydrogens is 477 g/mol. The molecule has 10 heteroatoms. The zero-order chi connectivity index (χ0) is 22.1. The van der Waals surface area contributed by atoms with Gasteiger partial charge in [-0.1, -0.05) is 6.92 Å². The second kappa shape index (κ2) is 8.83. The van der Waals surface area contributed by atoms with Crippen LogP contribution in [0.25, 0.3) is 11.0 Å². The van der Waals surface area contributed by atoms with Crippen molar-refractivity contribution in [1.82, 2.24) is 13.9 Å². The van der Waals surface area contributed by atoms with Crippen LogP contribution in [-0.2, 0) is 27.9 Å². The molecule has 2 aromatic carbocycles. The topological polar surface area (TPSA) is 81.5 Å². The fourth-order valence-corrected chi connectivity index (χ4v) is 4.41. The molecule has 0 saturated heterocycles. The summed E-state index contributed by atoms with van der Waals surface area (Å²) in [6, 6.07) is 8.47. The Morgan fingerprint density at radius 3 is 2.60 bits per heavy atom. The van der Waals surface area contributed by atoms with Gasteiger partial charge >= 0.3 is 5.97 Å². The van der Waals surface area contributed by atoms with Gasteiger partial charge in [-0.05, 0) is 58.7 Å². The van der Waals surface area contributed by atoms with E-state index in [2.05, 4.69) is 20.9 Å². The first-order valence-corrected chi connectivity index (χ1v) is 11.4. The number of sulfonamides is 1. The quantitative estimate of drug-likeness (QED) is 0.461. The van der Waals surface area contributed by atoms with Gasteiger partial charge in [-0.15, -0.1) is 0 Å². The van der Waals surface area contributed by atoms with Gasteiger partial charge in [0.2, 0.25) is 10.0 Å². The van der Waals surface area contributed by atoms with E-state index in [-0.39, 0.29) is 17.1 Å². The number of esters is 1. The predicted molar refractivity (Wildman–Crippen MR) is 114 cm³/mol. The SMILES string of the molecule is CCCn1c(COC(=O)c2ccc(F)cc2Br)nc2cc(S(=O)(=O)N(C)C)ccc21. The maximum Gasteiger partial charge on any atom is 0.339 e. The summed E-state index contributed by atoms with van der Waals surface area (Å²) >= 11 is 3.16. The molecule has 7 nitrogen and oxygen atoms in total. The highest BCUT2D eigenvalue weighted by Crippen LogP contribution is 2.24. The summed E-state index contributed by atoms with van der Waals surface area (Å²) in [5.41, 5.74) is 1.46. The van der Waals surface area contributed by atoms with E-state index in [1.165, 1.54) is 44.4 Å². The van der Waals surface area contributed by atoms with Crippen LogP contribution in [0.1, 0.15) is 29.5 Å². The summed E-state index contributed by atoms with van der Waals surface area (Å²) in [7, 11) is -0.660. The van der Waals surface area contributed by atoms with Gasteiger partial charge < -0.3 is 9.30 Å². The van der Waals surface area contributed by atoms with Crippen LogP contribution < -0.4 is 0 Å². The van der Waals surface area contributed by atoms with Gasteiger partial charge in [0.1, 0.15) is 18.2 Å². The molecule has 1 aromatic heterocycles. The van der Waals surface area contributed by atoms with Crippen LogP contribution in [0.15, 0.2) is 45.8 Å². The van der Waals surface area contributed by atoms with Gasteiger partial charge in [0.25, 0.3) is 0 Å². The summed E-state index contributed by atoms with van der Waals surface area (Å²) in [4.78, 5) is 17.0. The normalized spacial score (nSPS) is 11.9. The molecule has 0 N–H and O–H groups in total. The molecule has 0 bridgehead atoms. The molecule has 30 heavy (non-hydrogen) atoms. The third-order valence-corrected chi connectivity index (χ3v) is 6.98. The Balaban J connectivity index is 1.92. The average Bonchev–Trinajstić information content (AvgIpc) is 3.03. The highest BCUT2D eigenvalue weighted by molar-refractivity contribution is 9.10. The highest BCUT2D eigenvalue weighted by atomic mass is 79.9. The number of aryl methyl sites for hydroxylation is 1. The molecule has 0 spiro atoms. The van der Waals surface area contributed by atoms with Crippen LogP contribution in [0.4, 0.5) is 4.39 Å². The lowest BCUT2D eigenvalue weighted by atomic mass is 10.2. The lowest BCUT2D eigenvalue weighted by Gasteiger charge is -2.11. The minimum Gasteiger partial charge on any atom is -0.454 e. The van der Waals surface area contributed by atoms with Gasteiger partial charge in [0.05, 0.1) is 21.5 Å². The van der Waals surface area contributed by atoms with Crippen molar-refractivity contribution in [2.24, 2.45) is 0 Å². The van der Waals surface area contributed by atoms with Crippen LogP contribution in [0.2, 0.25) is 0 Å². The lowest BCUT2D eigenvalue weighted by molar-refractivity contribution is 0.0457. The van der Waals surface area contributed by atoms with Gasteiger partial charge in [0, 0.05) is 25.1 Å². The molecule has 0 saturated carbocycles. The molecule has 3 aromatic rings. The Kier molecular flexibility index (Phi) is 6.59. The summed E-state index contributed by atoms with van der Waals surface area (Å²) in [5.74, 6) is -0.586. The van der Waals surface area contributed by atoms with Gasteiger partial charge in [-0.3, -0.25) is 0 Å². The van der Waals surface area contributed by atoms with E-state index >= 15 is 0 Å². The molecule has 0 radical (unpaired) electrons. The Morgan fingerprint density at radius 2 is 1.97 bits per heavy atom. The van der Waals surface area contributed by atoms with Crippen LogP contribution in [0.5, 0.6) is 0 Å². The van der Waals surface area contributed by atoms with E-state index in [4.69, 9.17) is 4.74 Å². The lowest BCUT2D eigenvalue weighted by Crippen LogP contribution is -2.22. The first-order chi connectivity index (χ1) is 14.1. The number of ether oxygens (including phenoxy) is 1. The number of hydrogen-bond donors (Lipinski definition) is 0. The maximum atomic E-state index is 13.2. The zero-order valence-electron chi connectivity index (χ0n) is 16.7. The van der Waals surface area contributed by atoms with E-state index in [0.717, 1.165) is 16.2 Å². The van der Waals surface area contributed by atoms with Crippen molar-refractivity contribution in [2.45, 2.75) is 31.4 Å². The monoisotopic (exact) mass is 497 g/mol. The minimum atomic E-state index is -3.59. The number of aromatic nitrogens is 2. The number of benzene rings is 2. The number of rotatable bonds is 7. The van der Waals surface area contributed by atoms with Crippen molar-refractivity contribution >= 4 is 43.0 Å². The number of carbonyl (C=O) groups excluding carboxylic acids is 1. The van der Waals surface area contributed by atoms with Gasteiger partial charge in [0.15, 0.2) is 0 Å². The first kappa shape index (κ1) is 22.4. The number of nitrogens with zero attached hydrogens (tertiary/aromatic N) is 3. The molecule has 160 valence electrons. The second-order valence-corrected chi connectivity index (χ2v) is 9.82. The van der Waals surface area contributed by atoms with Gasteiger partial charge in [-0.25, -0.2) is 26.9 Å². The van der Waals surface area contributed by atoms with Crippen LogP contribution in [0.3, 0.4) is 0 Å². The summed E-state index contributed by atoms with van der Waals surface area (Å²) in [5, 5.41) is 0. The fourth-order valence-electron chi connectivity index (χ4n) is 2.98. The van der Waals surface area contributed by atoms with Crippen LogP contribution in [-0.4, -0.2) is 42.3 Å².